The molecule has 3 aromatic rings. The number of carbonyl (C=O) groups is 1. The predicted octanol–water partition coefficient (Wildman–Crippen LogP) is 2.93. The van der Waals surface area contributed by atoms with Crippen molar-refractivity contribution < 1.29 is 13.9 Å². The molecule has 2 aromatic carbocycles. The van der Waals surface area contributed by atoms with E-state index in [0.29, 0.717) is 5.69 Å². The highest BCUT2D eigenvalue weighted by Crippen LogP contribution is 2.14. The lowest BCUT2D eigenvalue weighted by molar-refractivity contribution is -0.144. The smallest absolute Gasteiger partial charge is 0.310 e. The van der Waals surface area contributed by atoms with E-state index in [0.717, 1.165) is 11.1 Å². The molecule has 0 radical (unpaired) electrons. The van der Waals surface area contributed by atoms with Crippen molar-refractivity contribution in [3.63, 3.8) is 0 Å². The van der Waals surface area contributed by atoms with Gasteiger partial charge in [0.05, 0.1) is 6.42 Å². The van der Waals surface area contributed by atoms with Crippen molar-refractivity contribution in [1.82, 2.24) is 15.0 Å². The molecule has 3 rings (SSSR count). The third-order valence-corrected chi connectivity index (χ3v) is 3.63. The first kappa shape index (κ1) is 18.2. The van der Waals surface area contributed by atoms with Gasteiger partial charge in [-0.2, -0.15) is 15.0 Å². The SMILES string of the molecule is Cc1ccc(CC(=O)OCc2nc(N)nc(Nc3ccc(F)cc3)n2)cc1. The van der Waals surface area contributed by atoms with Crippen molar-refractivity contribution in [3.8, 4) is 0 Å². The summed E-state index contributed by atoms with van der Waals surface area (Å²) in [6.07, 6.45) is 0.154. The van der Waals surface area contributed by atoms with Gasteiger partial charge in [-0.25, -0.2) is 4.39 Å². The summed E-state index contributed by atoms with van der Waals surface area (Å²) in [5.41, 5.74) is 8.25. The molecular formula is C19H18FN5O2. The lowest BCUT2D eigenvalue weighted by Crippen LogP contribution is -2.12. The topological polar surface area (TPSA) is 103 Å². The summed E-state index contributed by atoms with van der Waals surface area (Å²) in [5.74, 6) is -0.370. The number of halogens is 1. The predicted molar refractivity (Wildman–Crippen MR) is 98.6 cm³/mol. The van der Waals surface area contributed by atoms with E-state index >= 15 is 0 Å². The molecule has 0 aliphatic heterocycles. The number of aryl methyl sites for hydroxylation is 1. The van der Waals surface area contributed by atoms with E-state index in [1.54, 1.807) is 0 Å². The largest absolute Gasteiger partial charge is 0.457 e. The van der Waals surface area contributed by atoms with Gasteiger partial charge in [0.15, 0.2) is 12.4 Å². The maximum absolute atomic E-state index is 13.0. The Labute approximate surface area is 155 Å². The number of benzene rings is 2. The molecule has 1 aromatic heterocycles. The molecule has 0 saturated carbocycles. The number of nitrogens with two attached hydrogens (primary N) is 1. The Morgan fingerprint density at radius 2 is 1.78 bits per heavy atom. The summed E-state index contributed by atoms with van der Waals surface area (Å²) >= 11 is 0. The van der Waals surface area contributed by atoms with Crippen LogP contribution in [0.15, 0.2) is 48.5 Å². The number of esters is 1. The van der Waals surface area contributed by atoms with Crippen LogP contribution < -0.4 is 11.1 Å². The number of anilines is 3. The van der Waals surface area contributed by atoms with Crippen LogP contribution in [0.1, 0.15) is 17.0 Å². The van der Waals surface area contributed by atoms with Gasteiger partial charge in [0, 0.05) is 5.69 Å². The van der Waals surface area contributed by atoms with E-state index in [9.17, 15) is 9.18 Å². The van der Waals surface area contributed by atoms with Crippen LogP contribution in [0.3, 0.4) is 0 Å². The number of nitrogens with zero attached hydrogens (tertiary/aromatic N) is 3. The minimum atomic E-state index is -0.397. The standard InChI is InChI=1S/C19H18FN5O2/c1-12-2-4-13(5-3-12)10-17(26)27-11-16-23-18(21)25-19(24-16)22-15-8-6-14(20)7-9-15/h2-9H,10-11H2,1H3,(H3,21,22,23,24,25). The molecule has 0 spiro atoms. The van der Waals surface area contributed by atoms with Crippen LogP contribution in [0.4, 0.5) is 22.0 Å². The van der Waals surface area contributed by atoms with Crippen molar-refractivity contribution in [2.24, 2.45) is 0 Å². The summed E-state index contributed by atoms with van der Waals surface area (Å²) in [5, 5.41) is 2.90. The average molecular weight is 367 g/mol. The Morgan fingerprint density at radius 1 is 1.07 bits per heavy atom. The second-order valence-corrected chi connectivity index (χ2v) is 5.89. The van der Waals surface area contributed by atoms with Crippen LogP contribution in [0.5, 0.6) is 0 Å². The summed E-state index contributed by atoms with van der Waals surface area (Å²) in [6.45, 7) is 1.85. The van der Waals surface area contributed by atoms with Crippen molar-refractivity contribution in [1.29, 1.82) is 0 Å². The third-order valence-electron chi connectivity index (χ3n) is 3.63. The molecule has 0 bridgehead atoms. The van der Waals surface area contributed by atoms with Gasteiger partial charge in [-0.15, -0.1) is 0 Å². The van der Waals surface area contributed by atoms with Crippen LogP contribution in [-0.2, 0) is 22.6 Å². The molecule has 0 aliphatic rings. The maximum atomic E-state index is 13.0. The fourth-order valence-electron chi connectivity index (χ4n) is 2.29. The first-order valence-electron chi connectivity index (χ1n) is 8.22. The quantitative estimate of drug-likeness (QED) is 0.646. The molecule has 0 amide bonds. The minimum Gasteiger partial charge on any atom is -0.457 e. The van der Waals surface area contributed by atoms with Gasteiger partial charge in [-0.3, -0.25) is 4.79 Å². The van der Waals surface area contributed by atoms with Gasteiger partial charge in [-0.1, -0.05) is 29.8 Å². The number of carbonyl (C=O) groups excluding carboxylic acids is 1. The van der Waals surface area contributed by atoms with E-state index in [1.165, 1.54) is 24.3 Å². The molecule has 138 valence electrons. The van der Waals surface area contributed by atoms with Crippen molar-refractivity contribution >= 4 is 23.6 Å². The monoisotopic (exact) mass is 367 g/mol. The Hall–Kier alpha value is -3.55. The molecule has 27 heavy (non-hydrogen) atoms. The van der Waals surface area contributed by atoms with Crippen LogP contribution >= 0.6 is 0 Å². The Balaban J connectivity index is 1.61. The molecule has 7 nitrogen and oxygen atoms in total. The van der Waals surface area contributed by atoms with Crippen LogP contribution in [0.2, 0.25) is 0 Å². The van der Waals surface area contributed by atoms with E-state index in [2.05, 4.69) is 20.3 Å². The molecule has 0 aliphatic carbocycles. The van der Waals surface area contributed by atoms with E-state index in [1.807, 2.05) is 31.2 Å². The van der Waals surface area contributed by atoms with E-state index in [4.69, 9.17) is 10.5 Å². The molecule has 0 atom stereocenters. The normalized spacial score (nSPS) is 10.4. The summed E-state index contributed by atoms with van der Waals surface area (Å²) in [4.78, 5) is 24.1. The van der Waals surface area contributed by atoms with Gasteiger partial charge >= 0.3 is 5.97 Å². The number of ether oxygens (including phenoxy) is 1. The van der Waals surface area contributed by atoms with Gasteiger partial charge < -0.3 is 15.8 Å². The second kappa shape index (κ2) is 8.22. The van der Waals surface area contributed by atoms with Crippen molar-refractivity contribution in [2.45, 2.75) is 20.0 Å². The third kappa shape index (κ3) is 5.46. The van der Waals surface area contributed by atoms with E-state index in [-0.39, 0.29) is 36.6 Å². The van der Waals surface area contributed by atoms with E-state index < -0.39 is 5.97 Å². The molecule has 3 N–H and O–H groups in total. The Bertz CT molecular complexity index is 930. The number of nitrogens with one attached hydrogen (secondary N) is 1. The fraction of sp³-hybridized carbons (Fsp3) is 0.158. The van der Waals surface area contributed by atoms with Crippen LogP contribution in [0.25, 0.3) is 0 Å². The van der Waals surface area contributed by atoms with Gasteiger partial charge in [0.2, 0.25) is 11.9 Å². The molecule has 0 unspecified atom stereocenters. The molecule has 1 heterocycles. The molecule has 0 saturated heterocycles. The highest BCUT2D eigenvalue weighted by Gasteiger charge is 2.09. The number of rotatable bonds is 6. The molecule has 0 fully saturated rings. The van der Waals surface area contributed by atoms with Gasteiger partial charge in [0.1, 0.15) is 5.82 Å². The highest BCUT2D eigenvalue weighted by molar-refractivity contribution is 5.72. The summed E-state index contributed by atoms with van der Waals surface area (Å²) in [7, 11) is 0. The number of hydrogen-bond acceptors (Lipinski definition) is 7. The lowest BCUT2D eigenvalue weighted by atomic mass is 10.1. The van der Waals surface area contributed by atoms with Gasteiger partial charge in [-0.05, 0) is 36.8 Å². The second-order valence-electron chi connectivity index (χ2n) is 5.89. The van der Waals surface area contributed by atoms with Crippen molar-refractivity contribution in [2.75, 3.05) is 11.1 Å². The first-order valence-corrected chi connectivity index (χ1v) is 8.22. The van der Waals surface area contributed by atoms with Gasteiger partial charge in [0.25, 0.3) is 0 Å². The lowest BCUT2D eigenvalue weighted by Gasteiger charge is -2.08. The maximum Gasteiger partial charge on any atom is 0.310 e. The summed E-state index contributed by atoms with van der Waals surface area (Å²) < 4.78 is 18.2. The number of nitrogen functional groups attached to an aromatic ring is 1. The Morgan fingerprint density at radius 3 is 2.48 bits per heavy atom. The Kier molecular flexibility index (Phi) is 5.55. The van der Waals surface area contributed by atoms with Crippen molar-refractivity contribution in [3.05, 3.63) is 71.3 Å². The fourth-order valence-corrected chi connectivity index (χ4v) is 2.29. The molecule has 8 heteroatoms. The van der Waals surface area contributed by atoms with Crippen LogP contribution in [-0.4, -0.2) is 20.9 Å². The zero-order chi connectivity index (χ0) is 19.2. The van der Waals surface area contributed by atoms with Crippen LogP contribution in [0, 0.1) is 12.7 Å². The molecular weight excluding hydrogens is 349 g/mol. The number of aromatic nitrogens is 3. The first-order chi connectivity index (χ1) is 13.0. The highest BCUT2D eigenvalue weighted by atomic mass is 19.1. The zero-order valence-corrected chi connectivity index (χ0v) is 14.6. The summed E-state index contributed by atoms with van der Waals surface area (Å²) in [6, 6.07) is 13.3. The average Bonchev–Trinajstić information content (AvgIpc) is 2.63. The number of hydrogen-bond donors (Lipinski definition) is 2. The zero-order valence-electron chi connectivity index (χ0n) is 14.6. The minimum absolute atomic E-state index is 0.0146.